The summed E-state index contributed by atoms with van der Waals surface area (Å²) >= 11 is 0. The monoisotopic (exact) mass is 324 g/mol. The van der Waals surface area contributed by atoms with Crippen LogP contribution >= 0.6 is 0 Å². The molecule has 24 heavy (non-hydrogen) atoms. The van der Waals surface area contributed by atoms with Gasteiger partial charge in [-0.2, -0.15) is 9.78 Å². The molecule has 0 aliphatic heterocycles. The Bertz CT molecular complexity index is 1160. The molecule has 0 aliphatic carbocycles. The van der Waals surface area contributed by atoms with Crippen LogP contribution in [0.3, 0.4) is 0 Å². The number of nitrogens with one attached hydrogen (secondary N) is 1. The van der Waals surface area contributed by atoms with Crippen LogP contribution in [0.5, 0.6) is 0 Å². The number of aromatic nitrogens is 3. The highest BCUT2D eigenvalue weighted by molar-refractivity contribution is 6.04. The average molecular weight is 324 g/mol. The molecule has 4 aromatic rings. The fourth-order valence-corrected chi connectivity index (χ4v) is 2.52. The summed E-state index contributed by atoms with van der Waals surface area (Å²) in [7, 11) is 0. The molecule has 118 valence electrons. The zero-order valence-corrected chi connectivity index (χ0v) is 12.2. The Hall–Kier alpha value is -3.35. The molecule has 0 atom stereocenters. The van der Waals surface area contributed by atoms with Crippen molar-refractivity contribution >= 4 is 28.2 Å². The molecule has 0 radical (unpaired) electrons. The fourth-order valence-electron chi connectivity index (χ4n) is 2.52. The van der Waals surface area contributed by atoms with Crippen LogP contribution in [0.4, 0.5) is 8.78 Å². The maximum atomic E-state index is 13.4. The molecule has 2 heterocycles. The highest BCUT2D eigenvalue weighted by atomic mass is 19.1. The first-order valence-electron chi connectivity index (χ1n) is 7.10. The maximum Gasteiger partial charge on any atom is 0.298 e. The molecule has 0 bridgehead atoms. The van der Waals surface area contributed by atoms with E-state index in [0.717, 1.165) is 4.68 Å². The number of rotatable bonds is 2. The molecule has 5 nitrogen and oxygen atoms in total. The summed E-state index contributed by atoms with van der Waals surface area (Å²) < 4.78 is 27.6. The predicted molar refractivity (Wildman–Crippen MR) is 87.2 cm³/mol. The van der Waals surface area contributed by atoms with E-state index in [1.807, 2.05) is 0 Å². The van der Waals surface area contributed by atoms with Crippen LogP contribution < -0.4 is 5.56 Å². The molecular formula is C17H10F2N4O. The Morgan fingerprint density at radius 3 is 2.79 bits per heavy atom. The lowest BCUT2D eigenvalue weighted by Gasteiger charge is -1.98. The molecule has 0 fully saturated rings. The van der Waals surface area contributed by atoms with Gasteiger partial charge in [-0.15, -0.1) is 0 Å². The van der Waals surface area contributed by atoms with Gasteiger partial charge in [0, 0.05) is 10.9 Å². The minimum Gasteiger partial charge on any atom is -0.349 e. The Morgan fingerprint density at radius 2 is 1.96 bits per heavy atom. The number of nitrogens with zero attached hydrogens (tertiary/aromatic N) is 3. The van der Waals surface area contributed by atoms with Crippen molar-refractivity contribution in [2.45, 2.75) is 0 Å². The largest absolute Gasteiger partial charge is 0.349 e. The molecule has 0 unspecified atom stereocenters. The van der Waals surface area contributed by atoms with Gasteiger partial charge in [0.05, 0.1) is 6.21 Å². The Balaban J connectivity index is 1.84. The molecule has 4 rings (SSSR count). The number of H-pyrrole nitrogens is 1. The lowest BCUT2D eigenvalue weighted by Crippen LogP contribution is -2.17. The van der Waals surface area contributed by atoms with Crippen LogP contribution in [0, 0.1) is 11.6 Å². The van der Waals surface area contributed by atoms with Crippen molar-refractivity contribution < 1.29 is 8.78 Å². The van der Waals surface area contributed by atoms with Crippen LogP contribution in [0.15, 0.2) is 58.7 Å². The summed E-state index contributed by atoms with van der Waals surface area (Å²) in [6, 6.07) is 10.0. The van der Waals surface area contributed by atoms with Crippen LogP contribution in [0.1, 0.15) is 5.56 Å². The SMILES string of the molecule is O=c1c2[nH]c3ccc(F)cc3c2ncn1/N=C\c1cccc(F)c1. The Morgan fingerprint density at radius 1 is 1.12 bits per heavy atom. The summed E-state index contributed by atoms with van der Waals surface area (Å²) in [4.78, 5) is 19.6. The second-order valence-electron chi connectivity index (χ2n) is 5.23. The van der Waals surface area contributed by atoms with E-state index in [0.29, 0.717) is 22.0 Å². The number of hydrogen-bond acceptors (Lipinski definition) is 3. The van der Waals surface area contributed by atoms with Crippen LogP contribution in [0.2, 0.25) is 0 Å². The minimum atomic E-state index is -0.427. The third kappa shape index (κ3) is 2.36. The molecule has 0 amide bonds. The van der Waals surface area contributed by atoms with Gasteiger partial charge in [0.2, 0.25) is 0 Å². The van der Waals surface area contributed by atoms with E-state index < -0.39 is 17.2 Å². The fraction of sp³-hybridized carbons (Fsp3) is 0. The Kier molecular flexibility index (Phi) is 3.19. The van der Waals surface area contributed by atoms with E-state index in [4.69, 9.17) is 0 Å². The van der Waals surface area contributed by atoms with E-state index >= 15 is 0 Å². The van der Waals surface area contributed by atoms with Gasteiger partial charge in [-0.1, -0.05) is 12.1 Å². The topological polar surface area (TPSA) is 63.0 Å². The van der Waals surface area contributed by atoms with Gasteiger partial charge in [0.15, 0.2) is 0 Å². The van der Waals surface area contributed by atoms with Gasteiger partial charge in [-0.05, 0) is 35.9 Å². The second-order valence-corrected chi connectivity index (χ2v) is 5.23. The summed E-state index contributed by atoms with van der Waals surface area (Å²) in [5.74, 6) is -0.795. The molecule has 0 saturated carbocycles. The molecule has 1 N–H and O–H groups in total. The average Bonchev–Trinajstić information content (AvgIpc) is 2.93. The molecule has 0 spiro atoms. The van der Waals surface area contributed by atoms with Gasteiger partial charge >= 0.3 is 0 Å². The number of fused-ring (bicyclic) bond motifs is 3. The summed E-state index contributed by atoms with van der Waals surface area (Å²) in [6.45, 7) is 0. The van der Waals surface area contributed by atoms with Crippen molar-refractivity contribution in [3.05, 3.63) is 76.3 Å². The normalized spacial score (nSPS) is 11.8. The van der Waals surface area contributed by atoms with Crippen molar-refractivity contribution in [1.82, 2.24) is 14.6 Å². The molecule has 2 aromatic carbocycles. The van der Waals surface area contributed by atoms with Crippen molar-refractivity contribution in [3.8, 4) is 0 Å². The van der Waals surface area contributed by atoms with Gasteiger partial charge in [0.25, 0.3) is 5.56 Å². The highest BCUT2D eigenvalue weighted by Gasteiger charge is 2.11. The van der Waals surface area contributed by atoms with Gasteiger partial charge < -0.3 is 4.98 Å². The number of halogens is 2. The maximum absolute atomic E-state index is 13.4. The van der Waals surface area contributed by atoms with Crippen LogP contribution in [0.25, 0.3) is 21.9 Å². The van der Waals surface area contributed by atoms with E-state index in [-0.39, 0.29) is 5.52 Å². The summed E-state index contributed by atoms with van der Waals surface area (Å²) in [6.07, 6.45) is 2.61. The molecular weight excluding hydrogens is 314 g/mol. The smallest absolute Gasteiger partial charge is 0.298 e. The number of benzene rings is 2. The Labute approximate surface area is 133 Å². The van der Waals surface area contributed by atoms with E-state index in [2.05, 4.69) is 15.1 Å². The first kappa shape index (κ1) is 14.3. The lowest BCUT2D eigenvalue weighted by atomic mass is 10.2. The third-order valence-corrected chi connectivity index (χ3v) is 3.63. The first-order valence-corrected chi connectivity index (χ1v) is 7.10. The van der Waals surface area contributed by atoms with Crippen molar-refractivity contribution in [3.63, 3.8) is 0 Å². The quantitative estimate of drug-likeness (QED) is 0.576. The first-order chi connectivity index (χ1) is 11.6. The van der Waals surface area contributed by atoms with E-state index in [9.17, 15) is 13.6 Å². The van der Waals surface area contributed by atoms with Gasteiger partial charge in [-0.25, -0.2) is 13.8 Å². The predicted octanol–water partition coefficient (Wildman–Crippen LogP) is 3.04. The summed E-state index contributed by atoms with van der Waals surface area (Å²) in [5.41, 5.74) is 1.31. The zero-order valence-electron chi connectivity index (χ0n) is 12.2. The standard InChI is InChI=1S/C17H10F2N4O/c18-11-3-1-2-10(6-11)8-21-23-9-20-15-13-7-12(19)4-5-14(13)22-16(15)17(23)24/h1-9,22H/b21-8-. The van der Waals surface area contributed by atoms with E-state index in [1.54, 1.807) is 18.2 Å². The highest BCUT2D eigenvalue weighted by Crippen LogP contribution is 2.21. The number of hydrogen-bond donors (Lipinski definition) is 1. The van der Waals surface area contributed by atoms with Crippen molar-refractivity contribution in [2.24, 2.45) is 5.10 Å². The lowest BCUT2D eigenvalue weighted by molar-refractivity contribution is 0.627. The molecule has 7 heteroatoms. The zero-order chi connectivity index (χ0) is 16.7. The second kappa shape index (κ2) is 5.38. The molecule has 0 aliphatic rings. The van der Waals surface area contributed by atoms with Gasteiger partial charge in [-0.3, -0.25) is 4.79 Å². The molecule has 2 aromatic heterocycles. The van der Waals surface area contributed by atoms with Crippen LogP contribution in [-0.2, 0) is 0 Å². The third-order valence-electron chi connectivity index (χ3n) is 3.63. The van der Waals surface area contributed by atoms with Crippen LogP contribution in [-0.4, -0.2) is 20.9 Å². The van der Waals surface area contributed by atoms with Crippen molar-refractivity contribution in [1.29, 1.82) is 0 Å². The number of aromatic amines is 1. The molecule has 0 saturated heterocycles. The van der Waals surface area contributed by atoms with Gasteiger partial charge in [0.1, 0.15) is 29.0 Å². The van der Waals surface area contributed by atoms with E-state index in [1.165, 1.54) is 36.8 Å². The summed E-state index contributed by atoms with van der Waals surface area (Å²) in [5, 5.41) is 4.54. The van der Waals surface area contributed by atoms with Crippen molar-refractivity contribution in [2.75, 3.05) is 0 Å². The minimum absolute atomic E-state index is 0.231.